The molecule has 3 nitrogen and oxygen atoms in total. The van der Waals surface area contributed by atoms with Gasteiger partial charge in [-0.05, 0) is 43.0 Å². The lowest BCUT2D eigenvalue weighted by molar-refractivity contribution is 0.328. The Morgan fingerprint density at radius 1 is 1.33 bits per heavy atom. The van der Waals surface area contributed by atoms with Crippen molar-refractivity contribution < 1.29 is 8.81 Å². The fourth-order valence-electron chi connectivity index (χ4n) is 3.04. The minimum absolute atomic E-state index is 0.0534. The SMILES string of the molecule is CC1CCN(c2cccc(F)c2C#N)C(c2ccco2)C1. The molecule has 0 amide bonds. The molecule has 2 heterocycles. The van der Waals surface area contributed by atoms with Crippen molar-refractivity contribution in [3.8, 4) is 6.07 Å². The summed E-state index contributed by atoms with van der Waals surface area (Å²) in [6.45, 7) is 3.01. The molecule has 0 radical (unpaired) electrons. The fraction of sp³-hybridized carbons (Fsp3) is 0.353. The van der Waals surface area contributed by atoms with Crippen molar-refractivity contribution in [2.45, 2.75) is 25.8 Å². The minimum atomic E-state index is -0.466. The van der Waals surface area contributed by atoms with Gasteiger partial charge in [-0.15, -0.1) is 0 Å². The summed E-state index contributed by atoms with van der Waals surface area (Å²) in [7, 11) is 0. The van der Waals surface area contributed by atoms with Crippen LogP contribution in [-0.4, -0.2) is 6.54 Å². The van der Waals surface area contributed by atoms with Gasteiger partial charge in [-0.3, -0.25) is 0 Å². The van der Waals surface area contributed by atoms with Crippen LogP contribution in [0.5, 0.6) is 0 Å². The summed E-state index contributed by atoms with van der Waals surface area (Å²) in [4.78, 5) is 2.10. The molecule has 0 saturated carbocycles. The third-order valence-corrected chi connectivity index (χ3v) is 4.15. The molecule has 2 atom stereocenters. The molecule has 1 aromatic heterocycles. The molecule has 4 heteroatoms. The highest BCUT2D eigenvalue weighted by Gasteiger charge is 2.31. The number of nitriles is 1. The van der Waals surface area contributed by atoms with E-state index in [4.69, 9.17) is 4.42 Å². The van der Waals surface area contributed by atoms with E-state index in [9.17, 15) is 9.65 Å². The Kier molecular flexibility index (Phi) is 3.66. The molecule has 1 saturated heterocycles. The average Bonchev–Trinajstić information content (AvgIpc) is 3.01. The van der Waals surface area contributed by atoms with E-state index in [1.54, 1.807) is 12.3 Å². The number of nitrogens with zero attached hydrogens (tertiary/aromatic N) is 2. The van der Waals surface area contributed by atoms with Gasteiger partial charge in [0.2, 0.25) is 0 Å². The largest absolute Gasteiger partial charge is 0.467 e. The molecule has 0 aliphatic carbocycles. The number of hydrogen-bond acceptors (Lipinski definition) is 3. The predicted octanol–water partition coefficient (Wildman–Crippen LogP) is 4.27. The van der Waals surface area contributed by atoms with Crippen molar-refractivity contribution in [1.82, 2.24) is 0 Å². The molecule has 1 aromatic carbocycles. The highest BCUT2D eigenvalue weighted by Crippen LogP contribution is 2.39. The normalized spacial score (nSPS) is 22.0. The van der Waals surface area contributed by atoms with Gasteiger partial charge < -0.3 is 9.32 Å². The monoisotopic (exact) mass is 284 g/mol. The van der Waals surface area contributed by atoms with Gasteiger partial charge in [0.1, 0.15) is 23.2 Å². The highest BCUT2D eigenvalue weighted by molar-refractivity contribution is 5.61. The molecule has 108 valence electrons. The first-order valence-electron chi connectivity index (χ1n) is 7.19. The van der Waals surface area contributed by atoms with Crippen LogP contribution in [0.15, 0.2) is 41.0 Å². The third-order valence-electron chi connectivity index (χ3n) is 4.15. The lowest BCUT2D eigenvalue weighted by Crippen LogP contribution is -2.36. The molecular formula is C17H17FN2O. The highest BCUT2D eigenvalue weighted by atomic mass is 19.1. The molecule has 1 aliphatic rings. The van der Waals surface area contributed by atoms with Crippen molar-refractivity contribution in [3.63, 3.8) is 0 Å². The van der Waals surface area contributed by atoms with Crippen LogP contribution < -0.4 is 4.90 Å². The lowest BCUT2D eigenvalue weighted by atomic mass is 9.90. The predicted molar refractivity (Wildman–Crippen MR) is 78.3 cm³/mol. The van der Waals surface area contributed by atoms with Gasteiger partial charge in [-0.2, -0.15) is 5.26 Å². The van der Waals surface area contributed by atoms with Crippen LogP contribution in [0.25, 0.3) is 0 Å². The van der Waals surface area contributed by atoms with Gasteiger partial charge in [0, 0.05) is 6.54 Å². The molecule has 1 aliphatic heterocycles. The van der Waals surface area contributed by atoms with Crippen molar-refractivity contribution in [3.05, 3.63) is 53.7 Å². The van der Waals surface area contributed by atoms with Crippen molar-refractivity contribution in [2.24, 2.45) is 5.92 Å². The molecule has 2 unspecified atom stereocenters. The molecule has 2 aromatic rings. The summed E-state index contributed by atoms with van der Waals surface area (Å²) in [5.74, 6) is 0.983. The zero-order valence-electron chi connectivity index (χ0n) is 11.9. The van der Waals surface area contributed by atoms with Crippen molar-refractivity contribution >= 4 is 5.69 Å². The lowest BCUT2D eigenvalue weighted by Gasteiger charge is -2.39. The number of hydrogen-bond donors (Lipinski definition) is 0. The van der Waals surface area contributed by atoms with Crippen LogP contribution in [0.1, 0.15) is 37.1 Å². The molecular weight excluding hydrogens is 267 g/mol. The number of rotatable bonds is 2. The van der Waals surface area contributed by atoms with E-state index in [1.165, 1.54) is 6.07 Å². The van der Waals surface area contributed by atoms with Gasteiger partial charge in [0.25, 0.3) is 0 Å². The number of benzene rings is 1. The first kappa shape index (κ1) is 13.7. The summed E-state index contributed by atoms with van der Waals surface area (Å²) in [5, 5.41) is 9.26. The smallest absolute Gasteiger partial charge is 0.143 e. The maximum Gasteiger partial charge on any atom is 0.143 e. The van der Waals surface area contributed by atoms with Gasteiger partial charge in [-0.25, -0.2) is 4.39 Å². The number of anilines is 1. The Bertz CT molecular complexity index is 660. The van der Waals surface area contributed by atoms with E-state index >= 15 is 0 Å². The number of furan rings is 1. The van der Waals surface area contributed by atoms with Crippen molar-refractivity contribution in [2.75, 3.05) is 11.4 Å². The zero-order chi connectivity index (χ0) is 14.8. The first-order valence-corrected chi connectivity index (χ1v) is 7.19. The third kappa shape index (κ3) is 2.52. The summed E-state index contributed by atoms with van der Waals surface area (Å²) < 4.78 is 19.4. The molecule has 1 fully saturated rings. The summed E-state index contributed by atoms with van der Waals surface area (Å²) in [6, 6.07) is 10.7. The molecule has 21 heavy (non-hydrogen) atoms. The van der Waals surface area contributed by atoms with Gasteiger partial charge in [-0.1, -0.05) is 13.0 Å². The van der Waals surface area contributed by atoms with Gasteiger partial charge >= 0.3 is 0 Å². The molecule has 0 N–H and O–H groups in total. The summed E-state index contributed by atoms with van der Waals surface area (Å²) in [6.07, 6.45) is 3.62. The van der Waals surface area contributed by atoms with E-state index in [-0.39, 0.29) is 11.6 Å². The summed E-state index contributed by atoms with van der Waals surface area (Å²) >= 11 is 0. The standard InChI is InChI=1S/C17H17FN2O/c1-12-7-8-20(16(10-12)17-6-3-9-21-17)15-5-2-4-14(18)13(15)11-19/h2-6,9,12,16H,7-8,10H2,1H3. The second-order valence-electron chi connectivity index (χ2n) is 5.60. The van der Waals surface area contributed by atoms with Crippen LogP contribution in [0.3, 0.4) is 0 Å². The Morgan fingerprint density at radius 3 is 2.90 bits per heavy atom. The molecule has 0 spiro atoms. The summed E-state index contributed by atoms with van der Waals surface area (Å²) in [5.41, 5.74) is 0.773. The minimum Gasteiger partial charge on any atom is -0.467 e. The maximum absolute atomic E-state index is 13.9. The Morgan fingerprint density at radius 2 is 2.19 bits per heavy atom. The number of piperidine rings is 1. The number of halogens is 1. The quantitative estimate of drug-likeness (QED) is 0.827. The molecule has 3 rings (SSSR count). The Hall–Kier alpha value is -2.28. The Labute approximate surface area is 123 Å². The van der Waals surface area contributed by atoms with Gasteiger partial charge in [0.05, 0.1) is 18.0 Å². The van der Waals surface area contributed by atoms with Crippen LogP contribution in [0.4, 0.5) is 10.1 Å². The first-order chi connectivity index (χ1) is 10.2. The van der Waals surface area contributed by atoms with E-state index in [0.29, 0.717) is 11.6 Å². The van der Waals surface area contributed by atoms with Crippen LogP contribution in [-0.2, 0) is 0 Å². The zero-order valence-corrected chi connectivity index (χ0v) is 11.9. The van der Waals surface area contributed by atoms with Crippen LogP contribution in [0.2, 0.25) is 0 Å². The van der Waals surface area contributed by atoms with Crippen molar-refractivity contribution in [1.29, 1.82) is 5.26 Å². The second-order valence-corrected chi connectivity index (χ2v) is 5.60. The maximum atomic E-state index is 13.9. The van der Waals surface area contributed by atoms with E-state index in [1.807, 2.05) is 24.3 Å². The second kappa shape index (κ2) is 5.61. The topological polar surface area (TPSA) is 40.2 Å². The fourth-order valence-corrected chi connectivity index (χ4v) is 3.04. The Balaban J connectivity index is 2.03. The van der Waals surface area contributed by atoms with E-state index in [0.717, 1.165) is 25.1 Å². The van der Waals surface area contributed by atoms with E-state index < -0.39 is 5.82 Å². The molecule has 0 bridgehead atoms. The average molecular weight is 284 g/mol. The van der Waals surface area contributed by atoms with E-state index in [2.05, 4.69) is 11.8 Å². The van der Waals surface area contributed by atoms with Crippen LogP contribution >= 0.6 is 0 Å². The van der Waals surface area contributed by atoms with Crippen LogP contribution in [0, 0.1) is 23.1 Å². The van der Waals surface area contributed by atoms with Gasteiger partial charge in [0.15, 0.2) is 0 Å².